The third-order valence-corrected chi connectivity index (χ3v) is 3.56. The number of anilines is 1. The van der Waals surface area contributed by atoms with Gasteiger partial charge >= 0.3 is 5.97 Å². The van der Waals surface area contributed by atoms with Crippen LogP contribution in [-0.4, -0.2) is 24.1 Å². The van der Waals surface area contributed by atoms with E-state index in [2.05, 4.69) is 5.32 Å². The summed E-state index contributed by atoms with van der Waals surface area (Å²) in [5.41, 5.74) is 1.75. The second-order valence-corrected chi connectivity index (χ2v) is 5.43. The van der Waals surface area contributed by atoms with E-state index in [4.69, 9.17) is 4.74 Å². The van der Waals surface area contributed by atoms with E-state index in [1.54, 1.807) is 24.3 Å². The first kappa shape index (κ1) is 17.5. The van der Waals surface area contributed by atoms with E-state index in [1.807, 2.05) is 6.92 Å². The van der Waals surface area contributed by atoms with Gasteiger partial charge in [0.2, 0.25) is 5.91 Å². The summed E-state index contributed by atoms with van der Waals surface area (Å²) in [5, 5.41) is 11.9. The Morgan fingerprint density at radius 3 is 2.46 bits per heavy atom. The number of methoxy groups -OCH3 is 1. The SMILES string of the molecule is COc1cc(F)cc(NC(=O)CC(C(=O)O)c2ccc(C)cc2)c1. The first-order valence-electron chi connectivity index (χ1n) is 7.33. The minimum absolute atomic E-state index is 0.213. The lowest BCUT2D eigenvalue weighted by Crippen LogP contribution is -2.21. The Morgan fingerprint density at radius 2 is 1.88 bits per heavy atom. The Labute approximate surface area is 139 Å². The molecule has 0 aliphatic carbocycles. The monoisotopic (exact) mass is 331 g/mol. The van der Waals surface area contributed by atoms with Gasteiger partial charge in [-0.3, -0.25) is 9.59 Å². The van der Waals surface area contributed by atoms with Crippen LogP contribution in [0, 0.1) is 12.7 Å². The van der Waals surface area contributed by atoms with Crippen molar-refractivity contribution in [1.29, 1.82) is 0 Å². The molecule has 0 aliphatic rings. The van der Waals surface area contributed by atoms with Crippen LogP contribution >= 0.6 is 0 Å². The summed E-state index contributed by atoms with van der Waals surface area (Å²) < 4.78 is 18.4. The zero-order valence-electron chi connectivity index (χ0n) is 13.4. The van der Waals surface area contributed by atoms with Gasteiger partial charge in [-0.05, 0) is 18.6 Å². The summed E-state index contributed by atoms with van der Waals surface area (Å²) in [5.74, 6) is -2.88. The van der Waals surface area contributed by atoms with Gasteiger partial charge in [0.05, 0.1) is 13.0 Å². The number of carboxylic acids is 1. The van der Waals surface area contributed by atoms with Gasteiger partial charge in [-0.2, -0.15) is 0 Å². The Morgan fingerprint density at radius 1 is 1.21 bits per heavy atom. The molecule has 0 aliphatic heterocycles. The number of aryl methyl sites for hydroxylation is 1. The van der Waals surface area contributed by atoms with E-state index in [1.165, 1.54) is 19.2 Å². The third-order valence-electron chi connectivity index (χ3n) is 3.56. The molecule has 0 heterocycles. The Kier molecular flexibility index (Phi) is 5.52. The molecular formula is C18H18FNO4. The molecule has 2 aromatic rings. The summed E-state index contributed by atoms with van der Waals surface area (Å²) in [4.78, 5) is 23.6. The highest BCUT2D eigenvalue weighted by molar-refractivity contribution is 5.94. The predicted molar refractivity (Wildman–Crippen MR) is 87.8 cm³/mol. The van der Waals surface area contributed by atoms with Crippen LogP contribution in [-0.2, 0) is 9.59 Å². The van der Waals surface area contributed by atoms with Gasteiger partial charge in [0.25, 0.3) is 0 Å². The molecule has 0 radical (unpaired) electrons. The van der Waals surface area contributed by atoms with Gasteiger partial charge < -0.3 is 15.2 Å². The summed E-state index contributed by atoms with van der Waals surface area (Å²) in [6, 6.07) is 10.7. The fraction of sp³-hybridized carbons (Fsp3) is 0.222. The highest BCUT2D eigenvalue weighted by atomic mass is 19.1. The number of ether oxygens (including phenoxy) is 1. The lowest BCUT2D eigenvalue weighted by molar-refractivity contribution is -0.140. The van der Waals surface area contributed by atoms with E-state index in [0.717, 1.165) is 11.6 Å². The number of carbonyl (C=O) groups is 2. The maximum absolute atomic E-state index is 13.4. The molecule has 1 unspecified atom stereocenters. The molecule has 126 valence electrons. The summed E-state index contributed by atoms with van der Waals surface area (Å²) in [6.07, 6.45) is -0.253. The van der Waals surface area contributed by atoms with Crippen molar-refractivity contribution in [3.63, 3.8) is 0 Å². The Hall–Kier alpha value is -2.89. The zero-order chi connectivity index (χ0) is 17.7. The van der Waals surface area contributed by atoms with Crippen LogP contribution in [0.5, 0.6) is 5.75 Å². The van der Waals surface area contributed by atoms with Crippen LogP contribution in [0.4, 0.5) is 10.1 Å². The van der Waals surface area contributed by atoms with Crippen molar-refractivity contribution in [3.05, 3.63) is 59.4 Å². The summed E-state index contributed by atoms with van der Waals surface area (Å²) in [6.45, 7) is 1.89. The summed E-state index contributed by atoms with van der Waals surface area (Å²) >= 11 is 0. The molecule has 0 bridgehead atoms. The fourth-order valence-electron chi connectivity index (χ4n) is 2.30. The van der Waals surface area contributed by atoms with Gasteiger partial charge in [0, 0.05) is 24.2 Å². The fourth-order valence-corrected chi connectivity index (χ4v) is 2.30. The zero-order valence-corrected chi connectivity index (χ0v) is 13.4. The molecule has 5 nitrogen and oxygen atoms in total. The van der Waals surface area contributed by atoms with Crippen molar-refractivity contribution in [1.82, 2.24) is 0 Å². The number of halogens is 1. The van der Waals surface area contributed by atoms with E-state index < -0.39 is 23.6 Å². The largest absolute Gasteiger partial charge is 0.497 e. The maximum Gasteiger partial charge on any atom is 0.311 e. The van der Waals surface area contributed by atoms with Crippen LogP contribution in [0.1, 0.15) is 23.5 Å². The van der Waals surface area contributed by atoms with E-state index in [9.17, 15) is 19.1 Å². The molecule has 0 aromatic heterocycles. The highest BCUT2D eigenvalue weighted by Crippen LogP contribution is 2.23. The number of benzene rings is 2. The second-order valence-electron chi connectivity index (χ2n) is 5.43. The van der Waals surface area contributed by atoms with Gasteiger partial charge in [0.15, 0.2) is 0 Å². The maximum atomic E-state index is 13.4. The van der Waals surface area contributed by atoms with Crippen LogP contribution in [0.2, 0.25) is 0 Å². The molecule has 1 atom stereocenters. The molecule has 0 spiro atoms. The molecule has 0 saturated heterocycles. The van der Waals surface area contributed by atoms with Gasteiger partial charge in [-0.1, -0.05) is 29.8 Å². The summed E-state index contributed by atoms with van der Waals surface area (Å²) in [7, 11) is 1.39. The predicted octanol–water partition coefficient (Wildman–Crippen LogP) is 3.34. The number of carboxylic acid groups (broad SMARTS) is 1. The average Bonchev–Trinajstić information content (AvgIpc) is 2.52. The lowest BCUT2D eigenvalue weighted by Gasteiger charge is -2.13. The molecule has 2 rings (SSSR count). The molecule has 2 aromatic carbocycles. The van der Waals surface area contributed by atoms with E-state index >= 15 is 0 Å². The van der Waals surface area contributed by atoms with Crippen LogP contribution < -0.4 is 10.1 Å². The lowest BCUT2D eigenvalue weighted by atomic mass is 9.94. The minimum atomic E-state index is -1.09. The first-order chi connectivity index (χ1) is 11.4. The molecule has 2 N–H and O–H groups in total. The first-order valence-corrected chi connectivity index (χ1v) is 7.33. The van der Waals surface area contributed by atoms with Gasteiger partial charge in [0.1, 0.15) is 11.6 Å². The van der Waals surface area contributed by atoms with Gasteiger partial charge in [-0.25, -0.2) is 4.39 Å². The van der Waals surface area contributed by atoms with Crippen LogP contribution in [0.3, 0.4) is 0 Å². The molecule has 24 heavy (non-hydrogen) atoms. The Balaban J connectivity index is 2.12. The molecule has 0 saturated carbocycles. The number of hydrogen-bond donors (Lipinski definition) is 2. The second kappa shape index (κ2) is 7.59. The smallest absolute Gasteiger partial charge is 0.311 e. The van der Waals surface area contributed by atoms with Crippen LogP contribution in [0.15, 0.2) is 42.5 Å². The van der Waals surface area contributed by atoms with Crippen molar-refractivity contribution in [2.45, 2.75) is 19.3 Å². The molecule has 6 heteroatoms. The number of aliphatic carboxylic acids is 1. The third kappa shape index (κ3) is 4.55. The van der Waals surface area contributed by atoms with Crippen molar-refractivity contribution in [2.24, 2.45) is 0 Å². The van der Waals surface area contributed by atoms with Crippen molar-refractivity contribution in [2.75, 3.05) is 12.4 Å². The van der Waals surface area contributed by atoms with E-state index in [-0.39, 0.29) is 17.9 Å². The van der Waals surface area contributed by atoms with Crippen molar-refractivity contribution in [3.8, 4) is 5.75 Å². The molecule has 1 amide bonds. The van der Waals surface area contributed by atoms with Crippen molar-refractivity contribution >= 4 is 17.6 Å². The molecule has 0 fully saturated rings. The number of amides is 1. The number of carbonyl (C=O) groups excluding carboxylic acids is 1. The topological polar surface area (TPSA) is 75.6 Å². The molecular weight excluding hydrogens is 313 g/mol. The standard InChI is InChI=1S/C18H18FNO4/c1-11-3-5-12(6-4-11)16(18(22)23)10-17(21)20-14-7-13(19)8-15(9-14)24-2/h3-9,16H,10H2,1-2H3,(H,20,21)(H,22,23). The minimum Gasteiger partial charge on any atom is -0.497 e. The average molecular weight is 331 g/mol. The number of rotatable bonds is 6. The quantitative estimate of drug-likeness (QED) is 0.851. The van der Waals surface area contributed by atoms with E-state index in [0.29, 0.717) is 5.56 Å². The van der Waals surface area contributed by atoms with Gasteiger partial charge in [-0.15, -0.1) is 0 Å². The van der Waals surface area contributed by atoms with Crippen molar-refractivity contribution < 1.29 is 23.8 Å². The Bertz CT molecular complexity index is 743. The normalized spacial score (nSPS) is 11.6. The number of nitrogens with one attached hydrogen (secondary N) is 1. The number of hydrogen-bond acceptors (Lipinski definition) is 3. The van der Waals surface area contributed by atoms with Crippen LogP contribution in [0.25, 0.3) is 0 Å². The highest BCUT2D eigenvalue weighted by Gasteiger charge is 2.23.